The summed E-state index contributed by atoms with van der Waals surface area (Å²) < 4.78 is 5.29. The number of ether oxygens (including phenoxy) is 1. The number of carbonyl (C=O) groups is 2. The van der Waals surface area contributed by atoms with Crippen molar-refractivity contribution >= 4 is 17.5 Å². The van der Waals surface area contributed by atoms with Crippen molar-refractivity contribution in [3.05, 3.63) is 59.2 Å². The van der Waals surface area contributed by atoms with Crippen molar-refractivity contribution in [3.63, 3.8) is 0 Å². The minimum absolute atomic E-state index is 0.0548. The summed E-state index contributed by atoms with van der Waals surface area (Å²) in [5, 5.41) is 3.06. The molecule has 2 aromatic rings. The Labute approximate surface area is 217 Å². The molecule has 0 spiro atoms. The van der Waals surface area contributed by atoms with Gasteiger partial charge in [-0.1, -0.05) is 45.2 Å². The van der Waals surface area contributed by atoms with Gasteiger partial charge in [0.05, 0.1) is 7.11 Å². The Morgan fingerprint density at radius 3 is 2.47 bits per heavy atom. The highest BCUT2D eigenvalue weighted by molar-refractivity contribution is 5.97. The molecule has 0 aliphatic carbocycles. The number of rotatable bonds is 7. The second-order valence-electron chi connectivity index (χ2n) is 10.3. The van der Waals surface area contributed by atoms with Crippen molar-refractivity contribution in [3.8, 4) is 5.75 Å². The van der Waals surface area contributed by atoms with Gasteiger partial charge in [0, 0.05) is 44.4 Å². The number of benzene rings is 2. The summed E-state index contributed by atoms with van der Waals surface area (Å²) in [6, 6.07) is 13.7. The van der Waals surface area contributed by atoms with Crippen molar-refractivity contribution in [2.24, 2.45) is 5.92 Å². The van der Waals surface area contributed by atoms with Crippen LogP contribution in [-0.4, -0.2) is 50.0 Å². The first kappa shape index (κ1) is 27.7. The zero-order valence-electron chi connectivity index (χ0n) is 22.5. The van der Waals surface area contributed by atoms with Crippen LogP contribution in [0.15, 0.2) is 42.5 Å². The number of nitrogens with zero attached hydrogens (tertiary/aromatic N) is 2. The fraction of sp³-hybridized carbons (Fsp3) is 0.533. The van der Waals surface area contributed by atoms with Crippen LogP contribution in [0.2, 0.25) is 0 Å². The Bertz CT molecular complexity index is 1000. The first-order valence-corrected chi connectivity index (χ1v) is 13.4. The van der Waals surface area contributed by atoms with Crippen LogP contribution in [0.5, 0.6) is 5.75 Å². The van der Waals surface area contributed by atoms with Gasteiger partial charge in [-0.2, -0.15) is 0 Å². The average Bonchev–Trinajstić information content (AvgIpc) is 2.84. The standard InChI is InChI=1S/C30H43N3O3/c1-23(2)21-32-17-8-6-5-7-9-18-33(24(3)34)29-14-13-26(20-27(29)22-32)30(35)31-16-15-25-11-10-12-28(19-25)36-4/h10-14,19-20,23H,5-9,15-18,21-22H2,1-4H3,(H,31,35). The minimum atomic E-state index is -0.0865. The molecular weight excluding hydrogens is 450 g/mol. The normalized spacial score (nSPS) is 15.5. The summed E-state index contributed by atoms with van der Waals surface area (Å²) in [5.74, 6) is 1.34. The smallest absolute Gasteiger partial charge is 0.251 e. The zero-order valence-corrected chi connectivity index (χ0v) is 22.5. The fourth-order valence-electron chi connectivity index (χ4n) is 4.94. The molecule has 0 fully saturated rings. The lowest BCUT2D eigenvalue weighted by Crippen LogP contribution is -2.34. The third kappa shape index (κ3) is 8.37. The average molecular weight is 494 g/mol. The molecule has 0 atom stereocenters. The first-order valence-electron chi connectivity index (χ1n) is 13.4. The largest absolute Gasteiger partial charge is 0.497 e. The van der Waals surface area contributed by atoms with Gasteiger partial charge in [-0.3, -0.25) is 14.5 Å². The zero-order chi connectivity index (χ0) is 25.9. The monoisotopic (exact) mass is 493 g/mol. The number of anilines is 1. The molecule has 0 unspecified atom stereocenters. The number of nitrogens with one attached hydrogen (secondary N) is 1. The number of fused-ring (bicyclic) bond motifs is 1. The summed E-state index contributed by atoms with van der Waals surface area (Å²) in [7, 11) is 1.66. The molecule has 0 radical (unpaired) electrons. The van der Waals surface area contributed by atoms with Gasteiger partial charge in [0.1, 0.15) is 5.75 Å². The van der Waals surface area contributed by atoms with E-state index in [1.165, 1.54) is 19.3 Å². The summed E-state index contributed by atoms with van der Waals surface area (Å²) in [4.78, 5) is 30.0. The molecule has 6 nitrogen and oxygen atoms in total. The molecule has 2 amide bonds. The third-order valence-electron chi connectivity index (χ3n) is 6.72. The number of hydrogen-bond donors (Lipinski definition) is 1. The molecule has 0 aromatic heterocycles. The maximum atomic E-state index is 13.1. The SMILES string of the molecule is COc1cccc(CCNC(=O)c2ccc3c(c2)CN(CC(C)C)CCCCCCCN3C(C)=O)c1. The van der Waals surface area contributed by atoms with Gasteiger partial charge >= 0.3 is 0 Å². The molecule has 2 aromatic carbocycles. The van der Waals surface area contributed by atoms with E-state index in [1.54, 1.807) is 14.0 Å². The summed E-state index contributed by atoms with van der Waals surface area (Å²) in [5.41, 5.74) is 3.74. The van der Waals surface area contributed by atoms with Crippen LogP contribution in [0.25, 0.3) is 0 Å². The molecule has 6 heteroatoms. The van der Waals surface area contributed by atoms with Gasteiger partial charge in [0.25, 0.3) is 5.91 Å². The van der Waals surface area contributed by atoms with Crippen LogP contribution in [-0.2, 0) is 17.8 Å². The third-order valence-corrected chi connectivity index (χ3v) is 6.72. The van der Waals surface area contributed by atoms with Crippen LogP contribution < -0.4 is 15.0 Å². The predicted molar refractivity (Wildman–Crippen MR) is 147 cm³/mol. The molecular formula is C30H43N3O3. The van der Waals surface area contributed by atoms with Crippen molar-refractivity contribution in [2.45, 2.75) is 65.8 Å². The Morgan fingerprint density at radius 2 is 1.75 bits per heavy atom. The van der Waals surface area contributed by atoms with E-state index in [2.05, 4.69) is 24.1 Å². The number of hydrogen-bond acceptors (Lipinski definition) is 4. The van der Waals surface area contributed by atoms with Crippen molar-refractivity contribution in [1.29, 1.82) is 0 Å². The van der Waals surface area contributed by atoms with Gasteiger partial charge in [0.2, 0.25) is 5.91 Å². The highest BCUT2D eigenvalue weighted by Gasteiger charge is 2.20. The molecule has 0 saturated carbocycles. The van der Waals surface area contributed by atoms with Crippen LogP contribution in [0.1, 0.15) is 74.4 Å². The predicted octanol–water partition coefficient (Wildman–Crippen LogP) is 5.44. The topological polar surface area (TPSA) is 61.9 Å². The van der Waals surface area contributed by atoms with E-state index in [9.17, 15) is 9.59 Å². The van der Waals surface area contributed by atoms with E-state index in [1.807, 2.05) is 47.4 Å². The minimum Gasteiger partial charge on any atom is -0.497 e. The van der Waals surface area contributed by atoms with Crippen LogP contribution >= 0.6 is 0 Å². The first-order chi connectivity index (χ1) is 17.4. The summed E-state index contributed by atoms with van der Waals surface area (Å²) in [6.45, 7) is 10.2. The maximum absolute atomic E-state index is 13.1. The summed E-state index contributed by atoms with van der Waals surface area (Å²) >= 11 is 0. The molecule has 1 heterocycles. The van der Waals surface area contributed by atoms with E-state index in [4.69, 9.17) is 4.74 Å². The van der Waals surface area contributed by atoms with Crippen LogP contribution in [0, 0.1) is 5.92 Å². The Hall–Kier alpha value is -2.86. The Kier molecular flexibility index (Phi) is 10.8. The Balaban J connectivity index is 1.80. The van der Waals surface area contributed by atoms with E-state index >= 15 is 0 Å². The van der Waals surface area contributed by atoms with Crippen LogP contribution in [0.4, 0.5) is 5.69 Å². The molecule has 196 valence electrons. The second-order valence-corrected chi connectivity index (χ2v) is 10.3. The van der Waals surface area contributed by atoms with Crippen molar-refractivity contribution in [1.82, 2.24) is 10.2 Å². The van der Waals surface area contributed by atoms with Gasteiger partial charge in [-0.25, -0.2) is 0 Å². The fourth-order valence-corrected chi connectivity index (χ4v) is 4.94. The molecule has 36 heavy (non-hydrogen) atoms. The number of carbonyl (C=O) groups excluding carboxylic acids is 2. The summed E-state index contributed by atoms with van der Waals surface area (Å²) in [6.07, 6.45) is 6.48. The molecule has 3 rings (SSSR count). The van der Waals surface area contributed by atoms with Gasteiger partial charge in [0.15, 0.2) is 0 Å². The van der Waals surface area contributed by atoms with Crippen molar-refractivity contribution < 1.29 is 14.3 Å². The molecule has 1 aliphatic heterocycles. The van der Waals surface area contributed by atoms with E-state index in [-0.39, 0.29) is 11.8 Å². The van der Waals surface area contributed by atoms with E-state index < -0.39 is 0 Å². The van der Waals surface area contributed by atoms with Gasteiger partial charge < -0.3 is 15.0 Å². The number of amides is 2. The van der Waals surface area contributed by atoms with Gasteiger partial charge in [-0.05, 0) is 73.2 Å². The van der Waals surface area contributed by atoms with E-state index in [0.717, 1.165) is 68.0 Å². The van der Waals surface area contributed by atoms with Crippen LogP contribution in [0.3, 0.4) is 0 Å². The number of methoxy groups -OCH3 is 1. The molecule has 0 bridgehead atoms. The highest BCUT2D eigenvalue weighted by Crippen LogP contribution is 2.26. The lowest BCUT2D eigenvalue weighted by molar-refractivity contribution is -0.116. The van der Waals surface area contributed by atoms with Gasteiger partial charge in [-0.15, -0.1) is 0 Å². The molecule has 1 N–H and O–H groups in total. The molecule has 0 saturated heterocycles. The second kappa shape index (κ2) is 14.0. The Morgan fingerprint density at radius 1 is 1.00 bits per heavy atom. The lowest BCUT2D eigenvalue weighted by Gasteiger charge is -2.30. The molecule has 1 aliphatic rings. The quantitative estimate of drug-likeness (QED) is 0.558. The van der Waals surface area contributed by atoms with E-state index in [0.29, 0.717) is 18.0 Å². The lowest BCUT2D eigenvalue weighted by atomic mass is 10.0. The highest BCUT2D eigenvalue weighted by atomic mass is 16.5. The van der Waals surface area contributed by atoms with Crippen molar-refractivity contribution in [2.75, 3.05) is 38.2 Å². The maximum Gasteiger partial charge on any atom is 0.251 e.